The molecule has 0 amide bonds. The van der Waals surface area contributed by atoms with Crippen LogP contribution in [0.4, 0.5) is 0 Å². The zero-order chi connectivity index (χ0) is 12.1. The molecular weight excluding hydrogens is 290 g/mol. The molecule has 90 valence electrons. The minimum Gasteiger partial charge on any atom is -0.480 e. The van der Waals surface area contributed by atoms with Crippen molar-refractivity contribution < 1.29 is 9.90 Å². The first-order valence-electron chi connectivity index (χ1n) is 5.21. The molecule has 0 saturated carbocycles. The van der Waals surface area contributed by atoms with Crippen LogP contribution in [0, 0.1) is 5.92 Å². The Labute approximate surface area is 108 Å². The van der Waals surface area contributed by atoms with Crippen LogP contribution in [0.3, 0.4) is 0 Å². The first-order chi connectivity index (χ1) is 7.50. The normalized spacial score (nSPS) is 13.0. The van der Waals surface area contributed by atoms with Crippen LogP contribution in [-0.2, 0) is 11.2 Å². The highest BCUT2D eigenvalue weighted by Crippen LogP contribution is 2.22. The van der Waals surface area contributed by atoms with Crippen molar-refractivity contribution in [2.75, 3.05) is 6.54 Å². The molecule has 1 aromatic heterocycles. The molecule has 1 atom stereocenters. The summed E-state index contributed by atoms with van der Waals surface area (Å²) in [6.07, 6.45) is 0.868. The van der Waals surface area contributed by atoms with E-state index in [1.807, 2.05) is 19.9 Å². The van der Waals surface area contributed by atoms with Crippen LogP contribution < -0.4 is 5.32 Å². The molecule has 0 saturated heterocycles. The maximum atomic E-state index is 10.9. The lowest BCUT2D eigenvalue weighted by molar-refractivity contribution is -0.140. The second kappa shape index (κ2) is 6.37. The molecular formula is C11H16BrNO2S. The van der Waals surface area contributed by atoms with Gasteiger partial charge in [-0.25, -0.2) is 0 Å². The van der Waals surface area contributed by atoms with Gasteiger partial charge in [0, 0.05) is 11.4 Å². The number of carboxylic acids is 1. The van der Waals surface area contributed by atoms with Gasteiger partial charge in [0.05, 0.1) is 3.79 Å². The van der Waals surface area contributed by atoms with Crippen molar-refractivity contribution in [3.8, 4) is 0 Å². The third-order valence-corrected chi connectivity index (χ3v) is 3.98. The van der Waals surface area contributed by atoms with E-state index in [-0.39, 0.29) is 5.92 Å². The van der Waals surface area contributed by atoms with Crippen LogP contribution in [0.25, 0.3) is 0 Å². The van der Waals surface area contributed by atoms with Gasteiger partial charge < -0.3 is 10.4 Å². The average molecular weight is 306 g/mol. The van der Waals surface area contributed by atoms with E-state index in [2.05, 4.69) is 27.3 Å². The Bertz CT molecular complexity index is 352. The van der Waals surface area contributed by atoms with Crippen LogP contribution in [0.2, 0.25) is 0 Å². The average Bonchev–Trinajstić information content (AvgIpc) is 2.57. The quantitative estimate of drug-likeness (QED) is 0.849. The second-order valence-electron chi connectivity index (χ2n) is 3.97. The molecule has 0 bridgehead atoms. The van der Waals surface area contributed by atoms with Gasteiger partial charge >= 0.3 is 5.97 Å². The van der Waals surface area contributed by atoms with Gasteiger partial charge in [-0.1, -0.05) is 13.8 Å². The zero-order valence-electron chi connectivity index (χ0n) is 9.37. The first-order valence-corrected chi connectivity index (χ1v) is 6.82. The van der Waals surface area contributed by atoms with E-state index in [1.165, 1.54) is 4.88 Å². The third-order valence-electron chi connectivity index (χ3n) is 2.30. The minimum absolute atomic E-state index is 0.104. The summed E-state index contributed by atoms with van der Waals surface area (Å²) in [5, 5.41) is 12.0. The van der Waals surface area contributed by atoms with Gasteiger partial charge in [0.2, 0.25) is 0 Å². The fourth-order valence-electron chi connectivity index (χ4n) is 1.45. The SMILES string of the molecule is CC(C)C(NCCc1ccc(Br)s1)C(=O)O. The van der Waals surface area contributed by atoms with Crippen molar-refractivity contribution in [2.24, 2.45) is 5.92 Å². The molecule has 0 aromatic carbocycles. The van der Waals surface area contributed by atoms with E-state index in [4.69, 9.17) is 5.11 Å². The van der Waals surface area contributed by atoms with Gasteiger partial charge in [0.25, 0.3) is 0 Å². The Hall–Kier alpha value is -0.390. The lowest BCUT2D eigenvalue weighted by Gasteiger charge is -2.17. The lowest BCUT2D eigenvalue weighted by Crippen LogP contribution is -2.41. The van der Waals surface area contributed by atoms with Crippen molar-refractivity contribution in [1.82, 2.24) is 5.32 Å². The van der Waals surface area contributed by atoms with Gasteiger partial charge in [-0.3, -0.25) is 4.79 Å². The molecule has 2 N–H and O–H groups in total. The Kier molecular flexibility index (Phi) is 5.44. The molecule has 1 heterocycles. The summed E-state index contributed by atoms with van der Waals surface area (Å²) in [6, 6.07) is 3.61. The minimum atomic E-state index is -0.776. The number of nitrogens with one attached hydrogen (secondary N) is 1. The van der Waals surface area contributed by atoms with Gasteiger partial charge in [-0.15, -0.1) is 11.3 Å². The van der Waals surface area contributed by atoms with E-state index < -0.39 is 12.0 Å². The largest absolute Gasteiger partial charge is 0.480 e. The Morgan fingerprint density at radius 3 is 2.69 bits per heavy atom. The summed E-state index contributed by atoms with van der Waals surface area (Å²) in [6.45, 7) is 4.52. The van der Waals surface area contributed by atoms with Crippen LogP contribution in [0.15, 0.2) is 15.9 Å². The summed E-state index contributed by atoms with van der Waals surface area (Å²) in [4.78, 5) is 12.2. The van der Waals surface area contributed by atoms with Crippen LogP contribution in [0.1, 0.15) is 18.7 Å². The molecule has 1 aromatic rings. The number of halogens is 1. The smallest absolute Gasteiger partial charge is 0.320 e. The number of hydrogen-bond acceptors (Lipinski definition) is 3. The molecule has 0 aliphatic carbocycles. The molecule has 16 heavy (non-hydrogen) atoms. The first kappa shape index (κ1) is 13.7. The van der Waals surface area contributed by atoms with Gasteiger partial charge in [-0.2, -0.15) is 0 Å². The fraction of sp³-hybridized carbons (Fsp3) is 0.545. The Morgan fingerprint density at radius 2 is 2.25 bits per heavy atom. The highest BCUT2D eigenvalue weighted by molar-refractivity contribution is 9.11. The van der Waals surface area contributed by atoms with Gasteiger partial charge in [0.1, 0.15) is 6.04 Å². The molecule has 0 aliphatic heterocycles. The molecule has 0 fully saturated rings. The Balaban J connectivity index is 2.36. The van der Waals surface area contributed by atoms with Crippen molar-refractivity contribution in [2.45, 2.75) is 26.3 Å². The lowest BCUT2D eigenvalue weighted by atomic mass is 10.0. The monoisotopic (exact) mass is 305 g/mol. The van der Waals surface area contributed by atoms with Gasteiger partial charge in [-0.05, 0) is 40.4 Å². The highest BCUT2D eigenvalue weighted by Gasteiger charge is 2.19. The topological polar surface area (TPSA) is 49.3 Å². The summed E-state index contributed by atoms with van der Waals surface area (Å²) >= 11 is 5.09. The molecule has 0 radical (unpaired) electrons. The van der Waals surface area contributed by atoms with Crippen molar-refractivity contribution in [3.63, 3.8) is 0 Å². The fourth-order valence-corrected chi connectivity index (χ4v) is 2.93. The molecule has 0 spiro atoms. The molecule has 5 heteroatoms. The van der Waals surface area contributed by atoms with Crippen LogP contribution >= 0.6 is 27.3 Å². The van der Waals surface area contributed by atoms with Crippen LogP contribution in [0.5, 0.6) is 0 Å². The standard InChI is InChI=1S/C11H16BrNO2S/c1-7(2)10(11(14)15)13-6-5-8-3-4-9(12)16-8/h3-4,7,10,13H,5-6H2,1-2H3,(H,14,15). The summed E-state index contributed by atoms with van der Waals surface area (Å²) in [7, 11) is 0. The Morgan fingerprint density at radius 1 is 1.56 bits per heavy atom. The van der Waals surface area contributed by atoms with Gasteiger partial charge in [0.15, 0.2) is 0 Å². The molecule has 3 nitrogen and oxygen atoms in total. The number of rotatable bonds is 6. The number of hydrogen-bond donors (Lipinski definition) is 2. The zero-order valence-corrected chi connectivity index (χ0v) is 11.8. The van der Waals surface area contributed by atoms with E-state index >= 15 is 0 Å². The van der Waals surface area contributed by atoms with E-state index in [9.17, 15) is 4.79 Å². The van der Waals surface area contributed by atoms with E-state index in [1.54, 1.807) is 11.3 Å². The van der Waals surface area contributed by atoms with Crippen molar-refractivity contribution in [3.05, 3.63) is 20.8 Å². The predicted molar refractivity (Wildman–Crippen MR) is 70.0 cm³/mol. The highest BCUT2D eigenvalue weighted by atomic mass is 79.9. The maximum absolute atomic E-state index is 10.9. The predicted octanol–water partition coefficient (Wildman–Crippen LogP) is 2.75. The second-order valence-corrected chi connectivity index (χ2v) is 6.52. The summed E-state index contributed by atoms with van der Waals surface area (Å²) in [5.41, 5.74) is 0. The number of carbonyl (C=O) groups is 1. The number of carboxylic acid groups (broad SMARTS) is 1. The molecule has 0 aliphatic rings. The van der Waals surface area contributed by atoms with Crippen LogP contribution in [-0.4, -0.2) is 23.7 Å². The summed E-state index contributed by atoms with van der Waals surface area (Å²) < 4.78 is 1.11. The van der Waals surface area contributed by atoms with E-state index in [0.717, 1.165) is 10.2 Å². The molecule has 1 rings (SSSR count). The number of aliphatic carboxylic acids is 1. The summed E-state index contributed by atoms with van der Waals surface area (Å²) in [5.74, 6) is -0.671. The van der Waals surface area contributed by atoms with Crippen molar-refractivity contribution >= 4 is 33.2 Å². The number of thiophene rings is 1. The molecule has 1 unspecified atom stereocenters. The maximum Gasteiger partial charge on any atom is 0.320 e. The van der Waals surface area contributed by atoms with Crippen molar-refractivity contribution in [1.29, 1.82) is 0 Å². The van der Waals surface area contributed by atoms with E-state index in [0.29, 0.717) is 6.54 Å². The third kappa shape index (κ3) is 4.23.